The number of pyridine rings is 1. The van der Waals surface area contributed by atoms with Crippen LogP contribution in [-0.4, -0.2) is 20.1 Å². The second-order valence-electron chi connectivity index (χ2n) is 4.42. The molecule has 9 heteroatoms. The molecule has 7 nitrogen and oxygen atoms in total. The summed E-state index contributed by atoms with van der Waals surface area (Å²) in [7, 11) is 0. The number of benzene rings is 1. The van der Waals surface area contributed by atoms with Crippen molar-refractivity contribution in [3.63, 3.8) is 0 Å². The number of nitro groups is 1. The van der Waals surface area contributed by atoms with E-state index in [0.717, 1.165) is 11.8 Å². The van der Waals surface area contributed by atoms with Gasteiger partial charge in [0.2, 0.25) is 5.89 Å². The van der Waals surface area contributed by atoms with Gasteiger partial charge in [0.1, 0.15) is 5.82 Å². The SMILES string of the molecule is O=[N+]([O-])c1cccnc1Sc1nnc(Cc2ccccc2F)o1. The minimum atomic E-state index is -0.536. The maximum Gasteiger partial charge on any atom is 0.301 e. The van der Waals surface area contributed by atoms with Crippen molar-refractivity contribution in [2.45, 2.75) is 16.7 Å². The lowest BCUT2D eigenvalue weighted by molar-refractivity contribution is -0.388. The molecule has 0 bridgehead atoms. The molecule has 1 aromatic carbocycles. The lowest BCUT2D eigenvalue weighted by atomic mass is 10.1. The van der Waals surface area contributed by atoms with Crippen molar-refractivity contribution in [2.24, 2.45) is 0 Å². The molecule has 116 valence electrons. The minimum absolute atomic E-state index is 0.109. The molecule has 0 aliphatic rings. The van der Waals surface area contributed by atoms with E-state index in [2.05, 4.69) is 15.2 Å². The molecule has 0 aliphatic carbocycles. The van der Waals surface area contributed by atoms with E-state index in [9.17, 15) is 14.5 Å². The Morgan fingerprint density at radius 1 is 1.22 bits per heavy atom. The molecule has 0 N–H and O–H groups in total. The van der Waals surface area contributed by atoms with Gasteiger partial charge in [-0.2, -0.15) is 0 Å². The van der Waals surface area contributed by atoms with Crippen molar-refractivity contribution >= 4 is 17.4 Å². The van der Waals surface area contributed by atoms with Crippen LogP contribution >= 0.6 is 11.8 Å². The van der Waals surface area contributed by atoms with Gasteiger partial charge in [-0.05, 0) is 29.5 Å². The van der Waals surface area contributed by atoms with E-state index in [1.807, 2.05) is 0 Å². The zero-order valence-corrected chi connectivity index (χ0v) is 12.4. The highest BCUT2D eigenvalue weighted by atomic mass is 32.2. The molecular weight excluding hydrogens is 323 g/mol. The van der Waals surface area contributed by atoms with Gasteiger partial charge in [0.15, 0.2) is 5.03 Å². The molecule has 0 spiro atoms. The van der Waals surface area contributed by atoms with E-state index < -0.39 is 4.92 Å². The molecular formula is C14H9FN4O3S. The molecule has 23 heavy (non-hydrogen) atoms. The summed E-state index contributed by atoms with van der Waals surface area (Å²) in [6.07, 6.45) is 1.58. The fraction of sp³-hybridized carbons (Fsp3) is 0.0714. The summed E-state index contributed by atoms with van der Waals surface area (Å²) >= 11 is 0.891. The Kier molecular flexibility index (Phi) is 4.29. The summed E-state index contributed by atoms with van der Waals surface area (Å²) < 4.78 is 19.0. The average molecular weight is 332 g/mol. The molecule has 0 amide bonds. The number of halogens is 1. The molecule has 3 rings (SSSR count). The Balaban J connectivity index is 1.78. The summed E-state index contributed by atoms with van der Waals surface area (Å²) in [4.78, 5) is 14.3. The zero-order chi connectivity index (χ0) is 16.2. The summed E-state index contributed by atoms with van der Waals surface area (Å²) in [5, 5.41) is 18.8. The van der Waals surface area contributed by atoms with E-state index in [1.165, 1.54) is 24.4 Å². The monoisotopic (exact) mass is 332 g/mol. The maximum absolute atomic E-state index is 13.6. The second kappa shape index (κ2) is 6.53. The van der Waals surface area contributed by atoms with E-state index in [1.54, 1.807) is 18.2 Å². The van der Waals surface area contributed by atoms with Gasteiger partial charge in [0.25, 0.3) is 5.22 Å². The van der Waals surface area contributed by atoms with Gasteiger partial charge < -0.3 is 4.42 Å². The molecule has 0 saturated heterocycles. The van der Waals surface area contributed by atoms with Crippen molar-refractivity contribution in [1.82, 2.24) is 15.2 Å². The van der Waals surface area contributed by atoms with Crippen LogP contribution in [0.1, 0.15) is 11.5 Å². The van der Waals surface area contributed by atoms with Crippen LogP contribution in [0.4, 0.5) is 10.1 Å². The molecule has 2 aromatic heterocycles. The first-order valence-electron chi connectivity index (χ1n) is 6.46. The Bertz CT molecular complexity index is 855. The Labute approximate surface area is 133 Å². The summed E-state index contributed by atoms with van der Waals surface area (Å²) in [5.41, 5.74) is 0.280. The van der Waals surface area contributed by atoms with Crippen molar-refractivity contribution < 1.29 is 13.7 Å². The van der Waals surface area contributed by atoms with Crippen LogP contribution in [0, 0.1) is 15.9 Å². The van der Waals surface area contributed by atoms with Crippen LogP contribution < -0.4 is 0 Å². The Morgan fingerprint density at radius 3 is 2.83 bits per heavy atom. The molecule has 0 unspecified atom stereocenters. The van der Waals surface area contributed by atoms with E-state index in [0.29, 0.717) is 5.56 Å². The highest BCUT2D eigenvalue weighted by molar-refractivity contribution is 7.99. The lowest BCUT2D eigenvalue weighted by Crippen LogP contribution is -1.92. The predicted octanol–water partition coefficient (Wildman–Crippen LogP) is 3.25. The summed E-state index contributed by atoms with van der Waals surface area (Å²) in [5.74, 6) is -0.142. The standard InChI is InChI=1S/C14H9FN4O3S/c15-10-5-2-1-4-9(10)8-12-17-18-14(22-12)23-13-11(19(20)21)6-3-7-16-13/h1-7H,8H2. The lowest BCUT2D eigenvalue weighted by Gasteiger charge is -1.98. The largest absolute Gasteiger partial charge is 0.415 e. The van der Waals surface area contributed by atoms with Gasteiger partial charge in [0, 0.05) is 12.3 Å². The number of nitrogens with zero attached hydrogens (tertiary/aromatic N) is 4. The first kappa shape index (κ1) is 15.1. The third-order valence-electron chi connectivity index (χ3n) is 2.88. The van der Waals surface area contributed by atoms with Gasteiger partial charge in [0.05, 0.1) is 11.3 Å². The van der Waals surface area contributed by atoms with Crippen LogP contribution in [0.2, 0.25) is 0 Å². The van der Waals surface area contributed by atoms with Crippen molar-refractivity contribution in [1.29, 1.82) is 0 Å². The van der Waals surface area contributed by atoms with Crippen LogP contribution in [0.3, 0.4) is 0 Å². The molecule has 3 aromatic rings. The van der Waals surface area contributed by atoms with Crippen molar-refractivity contribution in [2.75, 3.05) is 0 Å². The van der Waals surface area contributed by atoms with Gasteiger partial charge in [-0.15, -0.1) is 10.2 Å². The van der Waals surface area contributed by atoms with Crippen LogP contribution in [0.25, 0.3) is 0 Å². The number of rotatable bonds is 5. The quantitative estimate of drug-likeness (QED) is 0.522. The second-order valence-corrected chi connectivity index (χ2v) is 5.36. The van der Waals surface area contributed by atoms with Crippen LogP contribution in [-0.2, 0) is 6.42 Å². The summed E-state index contributed by atoms with van der Waals surface area (Å²) in [6, 6.07) is 9.08. The van der Waals surface area contributed by atoms with Crippen LogP contribution in [0.15, 0.2) is 57.3 Å². The number of hydrogen-bond acceptors (Lipinski definition) is 7. The van der Waals surface area contributed by atoms with Gasteiger partial charge in [-0.25, -0.2) is 9.37 Å². The third kappa shape index (κ3) is 3.51. The first-order chi connectivity index (χ1) is 11.1. The fourth-order valence-corrected chi connectivity index (χ4v) is 2.58. The summed E-state index contributed by atoms with van der Waals surface area (Å²) in [6.45, 7) is 0. The number of aromatic nitrogens is 3. The molecule has 0 aliphatic heterocycles. The minimum Gasteiger partial charge on any atom is -0.415 e. The highest BCUT2D eigenvalue weighted by Crippen LogP contribution is 2.31. The van der Waals surface area contributed by atoms with E-state index in [-0.39, 0.29) is 34.1 Å². The number of hydrogen-bond donors (Lipinski definition) is 0. The molecule has 0 atom stereocenters. The van der Waals surface area contributed by atoms with E-state index >= 15 is 0 Å². The topological polar surface area (TPSA) is 95.0 Å². The normalized spacial score (nSPS) is 10.7. The molecule has 0 saturated carbocycles. The van der Waals surface area contributed by atoms with Crippen molar-refractivity contribution in [3.8, 4) is 0 Å². The van der Waals surface area contributed by atoms with Gasteiger partial charge in [-0.3, -0.25) is 10.1 Å². The zero-order valence-electron chi connectivity index (χ0n) is 11.5. The predicted molar refractivity (Wildman–Crippen MR) is 78.5 cm³/mol. The fourth-order valence-electron chi connectivity index (χ4n) is 1.84. The molecule has 2 heterocycles. The molecule has 0 fully saturated rings. The first-order valence-corrected chi connectivity index (χ1v) is 7.28. The van der Waals surface area contributed by atoms with Gasteiger partial charge in [-0.1, -0.05) is 18.2 Å². The van der Waals surface area contributed by atoms with E-state index in [4.69, 9.17) is 4.42 Å². The third-order valence-corrected chi connectivity index (χ3v) is 3.73. The maximum atomic E-state index is 13.6. The van der Waals surface area contributed by atoms with Gasteiger partial charge >= 0.3 is 5.69 Å². The highest BCUT2D eigenvalue weighted by Gasteiger charge is 2.19. The smallest absolute Gasteiger partial charge is 0.301 e. The Hall–Kier alpha value is -2.81. The molecule has 0 radical (unpaired) electrons. The average Bonchev–Trinajstić information content (AvgIpc) is 2.97. The van der Waals surface area contributed by atoms with Crippen LogP contribution in [0.5, 0.6) is 0 Å². The van der Waals surface area contributed by atoms with Crippen molar-refractivity contribution in [3.05, 3.63) is 70.0 Å². The Morgan fingerprint density at radius 2 is 2.04 bits per heavy atom.